The van der Waals surface area contributed by atoms with E-state index in [0.29, 0.717) is 22.6 Å². The molecule has 29 heavy (non-hydrogen) atoms. The van der Waals surface area contributed by atoms with Crippen molar-refractivity contribution in [3.8, 4) is 6.07 Å². The van der Waals surface area contributed by atoms with E-state index in [9.17, 15) is 14.9 Å². The fourth-order valence-electron chi connectivity index (χ4n) is 4.30. The minimum absolute atomic E-state index is 0.000434. The Labute approximate surface area is 174 Å². The molecule has 0 saturated heterocycles. The molecule has 3 aliphatic rings. The standard InChI is InChI=1S/C21H13BrN4O3/c22-11-5-7-12(8-6-11)26-16-10-29-19(27)17(16)21(14(9-23)18(26)24)13-3-1-2-4-15(13)25-20(21)28/h1-8H,10,24H2,(H,25,28)/t21-/m1/s1. The monoisotopic (exact) mass is 448 g/mol. The van der Waals surface area contributed by atoms with Gasteiger partial charge in [0.05, 0.1) is 16.8 Å². The van der Waals surface area contributed by atoms with Crippen molar-refractivity contribution in [1.29, 1.82) is 5.26 Å². The van der Waals surface area contributed by atoms with Crippen LogP contribution in [-0.4, -0.2) is 18.5 Å². The third-order valence-electron chi connectivity index (χ3n) is 5.47. The van der Waals surface area contributed by atoms with E-state index >= 15 is 0 Å². The molecule has 142 valence electrons. The lowest BCUT2D eigenvalue weighted by atomic mass is 9.67. The summed E-state index contributed by atoms with van der Waals surface area (Å²) in [4.78, 5) is 27.8. The van der Waals surface area contributed by atoms with Gasteiger partial charge >= 0.3 is 5.97 Å². The van der Waals surface area contributed by atoms with E-state index in [1.165, 1.54) is 0 Å². The molecule has 0 aromatic heterocycles. The number of halogens is 1. The Morgan fingerprint density at radius 2 is 1.90 bits per heavy atom. The smallest absolute Gasteiger partial charge is 0.338 e. The predicted molar refractivity (Wildman–Crippen MR) is 108 cm³/mol. The SMILES string of the molecule is N#CC1=C(N)N(c2ccc(Br)cc2)C2=C(C(=O)OC2)[C@]12C(=O)Nc1ccccc12. The number of nitrogens with zero attached hydrogens (tertiary/aromatic N) is 2. The van der Waals surface area contributed by atoms with E-state index in [2.05, 4.69) is 27.3 Å². The van der Waals surface area contributed by atoms with Crippen molar-refractivity contribution in [3.63, 3.8) is 0 Å². The minimum atomic E-state index is -1.62. The lowest BCUT2D eigenvalue weighted by Crippen LogP contribution is -2.48. The van der Waals surface area contributed by atoms with Gasteiger partial charge < -0.3 is 15.8 Å². The average molecular weight is 449 g/mol. The molecule has 0 aliphatic carbocycles. The zero-order valence-electron chi connectivity index (χ0n) is 14.9. The molecule has 3 aliphatic heterocycles. The lowest BCUT2D eigenvalue weighted by Gasteiger charge is -2.38. The van der Waals surface area contributed by atoms with Crippen LogP contribution in [0.4, 0.5) is 11.4 Å². The Hall–Kier alpha value is -3.57. The largest absolute Gasteiger partial charge is 0.456 e. The average Bonchev–Trinajstić information content (AvgIpc) is 3.22. The number of hydrogen-bond donors (Lipinski definition) is 2. The number of amides is 1. The fourth-order valence-corrected chi connectivity index (χ4v) is 4.56. The molecule has 0 saturated carbocycles. The summed E-state index contributed by atoms with van der Waals surface area (Å²) in [6, 6.07) is 16.4. The zero-order chi connectivity index (χ0) is 20.3. The summed E-state index contributed by atoms with van der Waals surface area (Å²) < 4.78 is 6.20. The summed E-state index contributed by atoms with van der Waals surface area (Å²) in [7, 11) is 0. The summed E-state index contributed by atoms with van der Waals surface area (Å²) >= 11 is 3.39. The van der Waals surface area contributed by atoms with Gasteiger partial charge in [-0.3, -0.25) is 9.69 Å². The highest BCUT2D eigenvalue weighted by atomic mass is 79.9. The molecule has 8 heteroatoms. The first kappa shape index (κ1) is 17.5. The Bertz CT molecular complexity index is 1210. The lowest BCUT2D eigenvalue weighted by molar-refractivity contribution is -0.137. The van der Waals surface area contributed by atoms with Gasteiger partial charge in [0, 0.05) is 21.4 Å². The first-order chi connectivity index (χ1) is 14.0. The van der Waals surface area contributed by atoms with E-state index in [4.69, 9.17) is 10.5 Å². The summed E-state index contributed by atoms with van der Waals surface area (Å²) in [5, 5.41) is 12.9. The second-order valence-corrected chi connectivity index (χ2v) is 7.75. The number of ether oxygens (including phenoxy) is 1. The van der Waals surface area contributed by atoms with Gasteiger partial charge in [0.2, 0.25) is 5.91 Å². The number of fused-ring (bicyclic) bond motifs is 3. The van der Waals surface area contributed by atoms with Gasteiger partial charge in [-0.2, -0.15) is 5.26 Å². The van der Waals surface area contributed by atoms with Gasteiger partial charge in [0.1, 0.15) is 23.9 Å². The molecule has 3 heterocycles. The number of para-hydroxylation sites is 1. The van der Waals surface area contributed by atoms with Crippen LogP contribution in [0.15, 0.2) is 75.7 Å². The molecule has 1 spiro atoms. The summed E-state index contributed by atoms with van der Waals surface area (Å²) in [5.41, 5.74) is 7.16. The van der Waals surface area contributed by atoms with Crippen molar-refractivity contribution >= 4 is 39.2 Å². The maximum atomic E-state index is 13.3. The van der Waals surface area contributed by atoms with Crippen LogP contribution in [-0.2, 0) is 19.7 Å². The summed E-state index contributed by atoms with van der Waals surface area (Å²) in [5.74, 6) is -1.02. The molecule has 1 amide bonds. The summed E-state index contributed by atoms with van der Waals surface area (Å²) in [6.45, 7) is -0.0408. The van der Waals surface area contributed by atoms with Crippen LogP contribution in [0.3, 0.4) is 0 Å². The highest BCUT2D eigenvalue weighted by molar-refractivity contribution is 9.10. The van der Waals surface area contributed by atoms with Crippen LogP contribution < -0.4 is 16.0 Å². The Kier molecular flexibility index (Phi) is 3.60. The normalized spacial score (nSPS) is 22.4. The fraction of sp³-hybridized carbons (Fsp3) is 0.0952. The molecular weight excluding hydrogens is 436 g/mol. The number of carbonyl (C=O) groups excluding carboxylic acids is 2. The van der Waals surface area contributed by atoms with E-state index in [0.717, 1.165) is 4.47 Å². The second kappa shape index (κ2) is 5.96. The molecule has 0 fully saturated rings. The molecule has 0 radical (unpaired) electrons. The maximum absolute atomic E-state index is 13.3. The Morgan fingerprint density at radius 1 is 1.17 bits per heavy atom. The van der Waals surface area contributed by atoms with Crippen LogP contribution >= 0.6 is 15.9 Å². The molecular formula is C21H13BrN4O3. The number of anilines is 2. The quantitative estimate of drug-likeness (QED) is 0.649. The highest BCUT2D eigenvalue weighted by Gasteiger charge is 2.61. The highest BCUT2D eigenvalue weighted by Crippen LogP contribution is 2.54. The van der Waals surface area contributed by atoms with E-state index < -0.39 is 17.3 Å². The number of benzene rings is 2. The molecule has 2 aromatic rings. The first-order valence-corrected chi connectivity index (χ1v) is 9.57. The number of nitriles is 1. The molecule has 0 bridgehead atoms. The van der Waals surface area contributed by atoms with Crippen molar-refractivity contribution in [1.82, 2.24) is 0 Å². The second-order valence-electron chi connectivity index (χ2n) is 6.83. The van der Waals surface area contributed by atoms with Crippen LogP contribution in [0.5, 0.6) is 0 Å². The van der Waals surface area contributed by atoms with Gasteiger partial charge in [0.15, 0.2) is 0 Å². The number of cyclic esters (lactones) is 1. The number of hydrogen-bond acceptors (Lipinski definition) is 6. The molecule has 0 unspecified atom stereocenters. The van der Waals surface area contributed by atoms with E-state index in [-0.39, 0.29) is 23.6 Å². The third-order valence-corrected chi connectivity index (χ3v) is 5.99. The number of esters is 1. The van der Waals surface area contributed by atoms with Gasteiger partial charge in [0.25, 0.3) is 0 Å². The van der Waals surface area contributed by atoms with Crippen molar-refractivity contribution in [2.24, 2.45) is 5.73 Å². The number of rotatable bonds is 1. The molecule has 2 aromatic carbocycles. The van der Waals surface area contributed by atoms with Crippen LogP contribution in [0.25, 0.3) is 0 Å². The molecule has 7 nitrogen and oxygen atoms in total. The number of nitrogens with two attached hydrogens (primary N) is 1. The van der Waals surface area contributed by atoms with Crippen molar-refractivity contribution in [2.75, 3.05) is 16.8 Å². The van der Waals surface area contributed by atoms with Gasteiger partial charge in [-0.05, 0) is 30.3 Å². The predicted octanol–water partition coefficient (Wildman–Crippen LogP) is 2.66. The topological polar surface area (TPSA) is 108 Å². The van der Waals surface area contributed by atoms with Gasteiger partial charge in [-0.15, -0.1) is 0 Å². The van der Waals surface area contributed by atoms with E-state index in [1.54, 1.807) is 41.3 Å². The summed E-state index contributed by atoms with van der Waals surface area (Å²) in [6.07, 6.45) is 0. The van der Waals surface area contributed by atoms with Gasteiger partial charge in [-0.1, -0.05) is 34.1 Å². The van der Waals surface area contributed by atoms with Crippen LogP contribution in [0, 0.1) is 11.3 Å². The number of carbonyl (C=O) groups is 2. The maximum Gasteiger partial charge on any atom is 0.338 e. The van der Waals surface area contributed by atoms with Crippen LogP contribution in [0.2, 0.25) is 0 Å². The molecule has 1 atom stereocenters. The Morgan fingerprint density at radius 3 is 2.62 bits per heavy atom. The minimum Gasteiger partial charge on any atom is -0.456 e. The van der Waals surface area contributed by atoms with Crippen molar-refractivity contribution < 1.29 is 14.3 Å². The zero-order valence-corrected chi connectivity index (χ0v) is 16.5. The van der Waals surface area contributed by atoms with Gasteiger partial charge in [-0.25, -0.2) is 4.79 Å². The van der Waals surface area contributed by atoms with E-state index in [1.807, 2.05) is 12.1 Å². The molecule has 3 N–H and O–H groups in total. The number of nitrogens with one attached hydrogen (secondary N) is 1. The van der Waals surface area contributed by atoms with Crippen molar-refractivity contribution in [3.05, 3.63) is 81.2 Å². The molecule has 5 rings (SSSR count). The first-order valence-electron chi connectivity index (χ1n) is 8.78. The van der Waals surface area contributed by atoms with Crippen molar-refractivity contribution in [2.45, 2.75) is 5.41 Å². The van der Waals surface area contributed by atoms with Crippen LogP contribution in [0.1, 0.15) is 5.56 Å². The third kappa shape index (κ3) is 2.10. The Balaban J connectivity index is 1.86.